The maximum atomic E-state index is 13.3. The number of hydrogen-bond donors (Lipinski definition) is 0. The summed E-state index contributed by atoms with van der Waals surface area (Å²) < 4.78 is 0. The topological polar surface area (TPSA) is 43.9 Å². The van der Waals surface area contributed by atoms with Crippen molar-refractivity contribution in [2.45, 2.75) is 45.1 Å². The van der Waals surface area contributed by atoms with Crippen LogP contribution in [-0.2, 0) is 11.2 Å². The van der Waals surface area contributed by atoms with Crippen molar-refractivity contribution >= 4 is 17.5 Å². The highest BCUT2D eigenvalue weighted by molar-refractivity contribution is 5.96. The van der Waals surface area contributed by atoms with Crippen LogP contribution in [0.25, 0.3) is 0 Å². The normalized spacial score (nSPS) is 17.0. The molecule has 1 fully saturated rings. The minimum Gasteiger partial charge on any atom is -0.339 e. The van der Waals surface area contributed by atoms with Crippen molar-refractivity contribution in [1.82, 2.24) is 9.80 Å². The van der Waals surface area contributed by atoms with Crippen LogP contribution in [0.5, 0.6) is 0 Å². The maximum absolute atomic E-state index is 13.3. The van der Waals surface area contributed by atoms with E-state index in [9.17, 15) is 9.59 Å². The molecule has 0 unspecified atom stereocenters. The van der Waals surface area contributed by atoms with E-state index in [2.05, 4.69) is 30.0 Å². The molecule has 2 aliphatic rings. The largest absolute Gasteiger partial charge is 0.339 e. The third kappa shape index (κ3) is 4.99. The first-order chi connectivity index (χ1) is 15.2. The number of benzene rings is 2. The Labute approximate surface area is 185 Å². The van der Waals surface area contributed by atoms with Gasteiger partial charge in [-0.15, -0.1) is 0 Å². The zero-order valence-corrected chi connectivity index (χ0v) is 18.5. The van der Waals surface area contributed by atoms with Gasteiger partial charge in [-0.2, -0.15) is 0 Å². The number of nitrogens with zero attached hydrogens (tertiary/aromatic N) is 3. The smallest absolute Gasteiger partial charge is 0.253 e. The van der Waals surface area contributed by atoms with Gasteiger partial charge in [-0.1, -0.05) is 43.3 Å². The van der Waals surface area contributed by atoms with Gasteiger partial charge >= 0.3 is 0 Å². The fourth-order valence-electron chi connectivity index (χ4n) is 4.93. The first-order valence-corrected chi connectivity index (χ1v) is 11.6. The van der Waals surface area contributed by atoms with Gasteiger partial charge < -0.3 is 9.80 Å². The van der Waals surface area contributed by atoms with Gasteiger partial charge in [0, 0.05) is 36.9 Å². The molecule has 0 aliphatic carbocycles. The summed E-state index contributed by atoms with van der Waals surface area (Å²) in [6, 6.07) is 18.2. The van der Waals surface area contributed by atoms with Crippen LogP contribution in [0.3, 0.4) is 0 Å². The molecule has 0 spiro atoms. The highest BCUT2D eigenvalue weighted by atomic mass is 16.2. The molecule has 4 rings (SSSR count). The molecular formula is C26H33N3O2. The number of hydrogen-bond acceptors (Lipinski definition) is 3. The summed E-state index contributed by atoms with van der Waals surface area (Å²) in [5.74, 6) is 0.311. The summed E-state index contributed by atoms with van der Waals surface area (Å²) in [5.41, 5.74) is 3.11. The Hall–Kier alpha value is -2.66. The molecular weight excluding hydrogens is 386 g/mol. The van der Waals surface area contributed by atoms with Crippen LogP contribution in [0, 0.1) is 0 Å². The molecule has 164 valence electrons. The Morgan fingerprint density at radius 2 is 1.68 bits per heavy atom. The lowest BCUT2D eigenvalue weighted by molar-refractivity contribution is -0.120. The van der Waals surface area contributed by atoms with E-state index in [1.54, 1.807) is 0 Å². The van der Waals surface area contributed by atoms with Crippen LogP contribution in [0.4, 0.5) is 5.69 Å². The minimum absolute atomic E-state index is 0.113. The summed E-state index contributed by atoms with van der Waals surface area (Å²) in [6.45, 7) is 5.85. The van der Waals surface area contributed by atoms with Gasteiger partial charge in [-0.3, -0.25) is 14.5 Å². The fraction of sp³-hybridized carbons (Fsp3) is 0.462. The van der Waals surface area contributed by atoms with E-state index in [1.807, 2.05) is 46.2 Å². The van der Waals surface area contributed by atoms with E-state index in [4.69, 9.17) is 0 Å². The number of amides is 2. The van der Waals surface area contributed by atoms with Crippen molar-refractivity contribution < 1.29 is 9.59 Å². The summed E-state index contributed by atoms with van der Waals surface area (Å²) >= 11 is 0. The van der Waals surface area contributed by atoms with Crippen LogP contribution in [0.1, 0.15) is 48.5 Å². The molecule has 1 saturated heterocycles. The highest BCUT2D eigenvalue weighted by Gasteiger charge is 2.30. The average Bonchev–Trinajstić information content (AvgIpc) is 2.83. The number of aryl methyl sites for hydroxylation is 1. The number of fused-ring (bicyclic) bond motifs is 1. The molecule has 0 bridgehead atoms. The zero-order chi connectivity index (χ0) is 21.6. The molecule has 2 heterocycles. The minimum atomic E-state index is 0.113. The zero-order valence-electron chi connectivity index (χ0n) is 18.5. The van der Waals surface area contributed by atoms with Crippen molar-refractivity contribution in [3.8, 4) is 0 Å². The molecule has 2 aliphatic heterocycles. The SMILES string of the molecule is CCCN(CC(=O)N1CCCc2ccccc21)C1CCN(C(=O)c2ccccc2)CC1. The van der Waals surface area contributed by atoms with Gasteiger partial charge in [0.2, 0.25) is 5.91 Å². The monoisotopic (exact) mass is 419 g/mol. The Kier molecular flexibility index (Phi) is 7.03. The molecule has 2 amide bonds. The number of likely N-dealkylation sites (tertiary alicyclic amines) is 1. The molecule has 0 atom stereocenters. The second kappa shape index (κ2) is 10.1. The number of anilines is 1. The van der Waals surface area contributed by atoms with Crippen LogP contribution < -0.4 is 4.90 Å². The lowest BCUT2D eigenvalue weighted by Crippen LogP contribution is -2.50. The predicted octanol–water partition coefficient (Wildman–Crippen LogP) is 3.98. The second-order valence-corrected chi connectivity index (χ2v) is 8.64. The predicted molar refractivity (Wildman–Crippen MR) is 124 cm³/mol. The Balaban J connectivity index is 1.38. The summed E-state index contributed by atoms with van der Waals surface area (Å²) in [7, 11) is 0. The number of carbonyl (C=O) groups is 2. The average molecular weight is 420 g/mol. The molecule has 2 aromatic carbocycles. The first kappa shape index (κ1) is 21.6. The van der Waals surface area contributed by atoms with Gasteiger partial charge in [0.25, 0.3) is 5.91 Å². The Morgan fingerprint density at radius 1 is 0.968 bits per heavy atom. The van der Waals surface area contributed by atoms with Crippen molar-refractivity contribution in [2.24, 2.45) is 0 Å². The van der Waals surface area contributed by atoms with E-state index in [1.165, 1.54) is 5.56 Å². The van der Waals surface area contributed by atoms with Crippen LogP contribution in [0.2, 0.25) is 0 Å². The lowest BCUT2D eigenvalue weighted by Gasteiger charge is -2.39. The van der Waals surface area contributed by atoms with Crippen LogP contribution in [0.15, 0.2) is 54.6 Å². The van der Waals surface area contributed by atoms with Gasteiger partial charge in [0.15, 0.2) is 0 Å². The molecule has 0 radical (unpaired) electrons. The molecule has 5 nitrogen and oxygen atoms in total. The third-order valence-electron chi connectivity index (χ3n) is 6.55. The molecule has 0 aromatic heterocycles. The van der Waals surface area contributed by atoms with Crippen LogP contribution >= 0.6 is 0 Å². The quantitative estimate of drug-likeness (QED) is 0.711. The van der Waals surface area contributed by atoms with E-state index in [0.717, 1.165) is 69.5 Å². The van der Waals surface area contributed by atoms with E-state index < -0.39 is 0 Å². The Bertz CT molecular complexity index is 891. The summed E-state index contributed by atoms with van der Waals surface area (Å²) in [4.78, 5) is 32.3. The van der Waals surface area contributed by atoms with Crippen molar-refractivity contribution in [1.29, 1.82) is 0 Å². The third-order valence-corrected chi connectivity index (χ3v) is 6.55. The van der Waals surface area contributed by atoms with Crippen molar-refractivity contribution in [3.63, 3.8) is 0 Å². The second-order valence-electron chi connectivity index (χ2n) is 8.64. The van der Waals surface area contributed by atoms with Gasteiger partial charge in [-0.25, -0.2) is 0 Å². The molecule has 5 heteroatoms. The van der Waals surface area contributed by atoms with Gasteiger partial charge in [0.1, 0.15) is 0 Å². The number of piperidine rings is 1. The first-order valence-electron chi connectivity index (χ1n) is 11.6. The van der Waals surface area contributed by atoms with Gasteiger partial charge in [-0.05, 0) is 62.4 Å². The molecule has 31 heavy (non-hydrogen) atoms. The molecule has 0 saturated carbocycles. The van der Waals surface area contributed by atoms with E-state index in [-0.39, 0.29) is 11.8 Å². The summed E-state index contributed by atoms with van der Waals surface area (Å²) in [5, 5.41) is 0. The van der Waals surface area contributed by atoms with Crippen molar-refractivity contribution in [3.05, 3.63) is 65.7 Å². The molecule has 2 aromatic rings. The summed E-state index contributed by atoms with van der Waals surface area (Å²) in [6.07, 6.45) is 4.93. The van der Waals surface area contributed by atoms with E-state index >= 15 is 0 Å². The highest BCUT2D eigenvalue weighted by Crippen LogP contribution is 2.27. The Morgan fingerprint density at radius 3 is 2.42 bits per heavy atom. The van der Waals surface area contributed by atoms with Gasteiger partial charge in [0.05, 0.1) is 6.54 Å². The number of rotatable bonds is 6. The van der Waals surface area contributed by atoms with E-state index in [0.29, 0.717) is 12.6 Å². The fourth-order valence-corrected chi connectivity index (χ4v) is 4.93. The number of carbonyl (C=O) groups excluding carboxylic acids is 2. The van der Waals surface area contributed by atoms with Crippen LogP contribution in [-0.4, -0.2) is 60.4 Å². The lowest BCUT2D eigenvalue weighted by atomic mass is 10.0. The molecule has 0 N–H and O–H groups in total. The van der Waals surface area contributed by atoms with Crippen molar-refractivity contribution in [2.75, 3.05) is 37.6 Å². The standard InChI is InChI=1S/C26H33N3O2/c1-2-16-28(20-25(30)29-17-8-12-21-9-6-7-13-24(21)29)23-14-18-27(19-15-23)26(31)22-10-4-3-5-11-22/h3-7,9-11,13,23H,2,8,12,14-20H2,1H3. The number of para-hydroxylation sites is 1. The maximum Gasteiger partial charge on any atom is 0.253 e.